The summed E-state index contributed by atoms with van der Waals surface area (Å²) in [5.41, 5.74) is 0.416. The lowest BCUT2D eigenvalue weighted by Gasteiger charge is -2.41. The number of methoxy groups -OCH3 is 1. The first kappa shape index (κ1) is 18.5. The van der Waals surface area contributed by atoms with Gasteiger partial charge >= 0.3 is 0 Å². The molecule has 0 spiro atoms. The summed E-state index contributed by atoms with van der Waals surface area (Å²) in [4.78, 5) is 19.8. The fourth-order valence-corrected chi connectivity index (χ4v) is 4.52. The molecule has 2 heterocycles. The van der Waals surface area contributed by atoms with Gasteiger partial charge in [-0.3, -0.25) is 4.79 Å². The van der Waals surface area contributed by atoms with Gasteiger partial charge in [0.15, 0.2) is 5.82 Å². The first-order valence-electron chi connectivity index (χ1n) is 9.44. The number of nitrogens with zero attached hydrogens (tertiary/aromatic N) is 3. The molecule has 1 unspecified atom stereocenters. The lowest BCUT2D eigenvalue weighted by Crippen LogP contribution is -2.49. The molecule has 1 aromatic heterocycles. The molecule has 27 heavy (non-hydrogen) atoms. The molecule has 1 amide bonds. The predicted octanol–water partition coefficient (Wildman–Crippen LogP) is 4.12. The van der Waals surface area contributed by atoms with E-state index in [4.69, 9.17) is 9.26 Å². The van der Waals surface area contributed by atoms with Crippen LogP contribution < -0.4 is 4.74 Å². The van der Waals surface area contributed by atoms with Crippen molar-refractivity contribution in [3.05, 3.63) is 40.0 Å². The Kier molecular flexibility index (Phi) is 4.97. The second kappa shape index (κ2) is 7.26. The number of aryl methyl sites for hydroxylation is 1. The molecule has 1 aliphatic carbocycles. The summed E-state index contributed by atoms with van der Waals surface area (Å²) in [5, 5.41) is 4.25. The molecule has 1 atom stereocenters. The molecule has 1 saturated carbocycles. The van der Waals surface area contributed by atoms with Crippen LogP contribution in [0, 0.1) is 12.8 Å². The van der Waals surface area contributed by atoms with Gasteiger partial charge in [0.25, 0.3) is 5.91 Å². The molecule has 0 N–H and O–H groups in total. The topological polar surface area (TPSA) is 68.5 Å². The van der Waals surface area contributed by atoms with Gasteiger partial charge in [0, 0.05) is 24.5 Å². The van der Waals surface area contributed by atoms with E-state index in [9.17, 15) is 4.79 Å². The fourth-order valence-electron chi connectivity index (χ4n) is 4.10. The van der Waals surface area contributed by atoms with Crippen molar-refractivity contribution in [1.82, 2.24) is 15.0 Å². The molecular formula is C20H24BrN3O3. The van der Waals surface area contributed by atoms with E-state index in [1.165, 1.54) is 12.8 Å². The van der Waals surface area contributed by atoms with Crippen LogP contribution in [0.2, 0.25) is 0 Å². The number of ether oxygens (including phenoxy) is 1. The first-order chi connectivity index (χ1) is 13.0. The highest BCUT2D eigenvalue weighted by Gasteiger charge is 2.45. The molecule has 6 nitrogen and oxygen atoms in total. The monoisotopic (exact) mass is 433 g/mol. The van der Waals surface area contributed by atoms with Gasteiger partial charge < -0.3 is 14.2 Å². The number of carbonyl (C=O) groups excluding carboxylic acids is 1. The van der Waals surface area contributed by atoms with E-state index < -0.39 is 0 Å². The maximum Gasteiger partial charge on any atom is 0.255 e. The van der Waals surface area contributed by atoms with E-state index in [1.54, 1.807) is 13.2 Å². The Hall–Kier alpha value is -1.89. The van der Waals surface area contributed by atoms with Gasteiger partial charge in [-0.1, -0.05) is 18.0 Å². The number of rotatable bonds is 5. The van der Waals surface area contributed by atoms with Crippen LogP contribution in [0.15, 0.2) is 27.2 Å². The third-order valence-corrected chi connectivity index (χ3v) is 6.34. The SMILES string of the molecule is COc1ccc(Br)c(C(=O)N2CCCC(CC3CC3)(c3noc(C)n3)C2)c1. The molecule has 2 aliphatic rings. The van der Waals surface area contributed by atoms with Crippen molar-refractivity contribution in [3.63, 3.8) is 0 Å². The Labute approximate surface area is 167 Å². The number of likely N-dealkylation sites (tertiary alicyclic amines) is 1. The number of aromatic nitrogens is 2. The number of hydrogen-bond acceptors (Lipinski definition) is 5. The molecule has 144 valence electrons. The maximum atomic E-state index is 13.3. The molecular weight excluding hydrogens is 410 g/mol. The average Bonchev–Trinajstić information content (AvgIpc) is 3.37. The van der Waals surface area contributed by atoms with E-state index in [2.05, 4.69) is 26.1 Å². The number of benzene rings is 1. The van der Waals surface area contributed by atoms with Crippen molar-refractivity contribution in [3.8, 4) is 5.75 Å². The zero-order valence-electron chi connectivity index (χ0n) is 15.7. The van der Waals surface area contributed by atoms with Gasteiger partial charge in [0.05, 0.1) is 18.1 Å². The van der Waals surface area contributed by atoms with Crippen molar-refractivity contribution in [2.75, 3.05) is 20.2 Å². The van der Waals surface area contributed by atoms with Gasteiger partial charge in [-0.2, -0.15) is 4.98 Å². The normalized spacial score (nSPS) is 22.7. The number of piperidine rings is 1. The number of hydrogen-bond donors (Lipinski definition) is 0. The molecule has 0 radical (unpaired) electrons. The largest absolute Gasteiger partial charge is 0.497 e. The van der Waals surface area contributed by atoms with Crippen LogP contribution >= 0.6 is 15.9 Å². The van der Waals surface area contributed by atoms with Gasteiger partial charge in [-0.05, 0) is 59.3 Å². The summed E-state index contributed by atoms with van der Waals surface area (Å²) < 4.78 is 11.4. The van der Waals surface area contributed by atoms with Gasteiger partial charge in [-0.25, -0.2) is 0 Å². The Bertz CT molecular complexity index is 849. The molecule has 1 aliphatic heterocycles. The predicted molar refractivity (Wildman–Crippen MR) is 104 cm³/mol. The van der Waals surface area contributed by atoms with Crippen molar-refractivity contribution < 1.29 is 14.1 Å². The van der Waals surface area contributed by atoms with Crippen molar-refractivity contribution in [1.29, 1.82) is 0 Å². The fraction of sp³-hybridized carbons (Fsp3) is 0.550. The Morgan fingerprint density at radius 3 is 2.93 bits per heavy atom. The highest BCUT2D eigenvalue weighted by Crippen LogP contribution is 2.45. The number of amides is 1. The maximum absolute atomic E-state index is 13.3. The molecule has 7 heteroatoms. The summed E-state index contributed by atoms with van der Waals surface area (Å²) in [7, 11) is 1.61. The van der Waals surface area contributed by atoms with Crippen molar-refractivity contribution >= 4 is 21.8 Å². The summed E-state index contributed by atoms with van der Waals surface area (Å²) in [5.74, 6) is 2.74. The molecule has 2 fully saturated rings. The molecule has 2 aromatic rings. The lowest BCUT2D eigenvalue weighted by atomic mass is 9.74. The zero-order chi connectivity index (χ0) is 19.0. The summed E-state index contributed by atoms with van der Waals surface area (Å²) >= 11 is 3.51. The third-order valence-electron chi connectivity index (χ3n) is 5.65. The first-order valence-corrected chi connectivity index (χ1v) is 10.2. The minimum absolute atomic E-state index is 0.0147. The highest BCUT2D eigenvalue weighted by molar-refractivity contribution is 9.10. The van der Waals surface area contributed by atoms with Crippen LogP contribution in [-0.2, 0) is 5.41 Å². The second-order valence-electron chi connectivity index (χ2n) is 7.74. The zero-order valence-corrected chi connectivity index (χ0v) is 17.3. The van der Waals surface area contributed by atoms with Crippen LogP contribution in [0.1, 0.15) is 54.2 Å². The smallest absolute Gasteiger partial charge is 0.255 e. The summed E-state index contributed by atoms with van der Waals surface area (Å²) in [6.07, 6.45) is 5.47. The molecule has 1 saturated heterocycles. The number of carbonyl (C=O) groups is 1. The molecule has 1 aromatic carbocycles. The highest BCUT2D eigenvalue weighted by atomic mass is 79.9. The van der Waals surface area contributed by atoms with E-state index in [0.29, 0.717) is 29.7 Å². The molecule has 0 bridgehead atoms. The van der Waals surface area contributed by atoms with E-state index in [0.717, 1.165) is 36.1 Å². The number of halogens is 1. The van der Waals surface area contributed by atoms with Crippen LogP contribution in [0.4, 0.5) is 0 Å². The van der Waals surface area contributed by atoms with Crippen LogP contribution in [0.5, 0.6) is 5.75 Å². The quantitative estimate of drug-likeness (QED) is 0.708. The summed E-state index contributed by atoms with van der Waals surface area (Å²) in [6.45, 7) is 3.19. The second-order valence-corrected chi connectivity index (χ2v) is 8.60. The van der Waals surface area contributed by atoms with E-state index >= 15 is 0 Å². The van der Waals surface area contributed by atoms with Crippen LogP contribution in [0.25, 0.3) is 0 Å². The average molecular weight is 434 g/mol. The Morgan fingerprint density at radius 1 is 1.44 bits per heavy atom. The van der Waals surface area contributed by atoms with Crippen LogP contribution in [0.3, 0.4) is 0 Å². The van der Waals surface area contributed by atoms with Gasteiger partial charge in [-0.15, -0.1) is 0 Å². The Morgan fingerprint density at radius 2 is 2.26 bits per heavy atom. The van der Waals surface area contributed by atoms with Crippen molar-refractivity contribution in [2.24, 2.45) is 5.92 Å². The van der Waals surface area contributed by atoms with Gasteiger partial charge in [0.2, 0.25) is 5.89 Å². The minimum Gasteiger partial charge on any atom is -0.497 e. The lowest BCUT2D eigenvalue weighted by molar-refractivity contribution is 0.0606. The van der Waals surface area contributed by atoms with Crippen molar-refractivity contribution in [2.45, 2.75) is 44.4 Å². The van der Waals surface area contributed by atoms with E-state index in [1.807, 2.05) is 24.0 Å². The van der Waals surface area contributed by atoms with Gasteiger partial charge in [0.1, 0.15) is 5.75 Å². The molecule has 4 rings (SSSR count). The minimum atomic E-state index is -0.210. The summed E-state index contributed by atoms with van der Waals surface area (Å²) in [6, 6.07) is 5.49. The third kappa shape index (κ3) is 3.74. The Balaban J connectivity index is 1.63. The van der Waals surface area contributed by atoms with Crippen LogP contribution in [-0.4, -0.2) is 41.1 Å². The standard InChI is InChI=1S/C20H24BrN3O3/c1-13-22-19(23-27-13)20(11-14-4-5-14)8-3-9-24(12-20)18(25)16-10-15(26-2)6-7-17(16)21/h6-7,10,14H,3-5,8-9,11-12H2,1-2H3. The van der Waals surface area contributed by atoms with E-state index in [-0.39, 0.29) is 11.3 Å².